The Labute approximate surface area is 137 Å². The van der Waals surface area contributed by atoms with Gasteiger partial charge >= 0.3 is 0 Å². The first-order valence-corrected chi connectivity index (χ1v) is 7.76. The van der Waals surface area contributed by atoms with Crippen molar-refractivity contribution in [2.24, 2.45) is 0 Å². The van der Waals surface area contributed by atoms with Crippen LogP contribution in [0.3, 0.4) is 0 Å². The molecule has 2 aromatic heterocycles. The molecule has 4 nitrogen and oxygen atoms in total. The molecule has 0 amide bonds. The van der Waals surface area contributed by atoms with Crippen LogP contribution in [-0.4, -0.2) is 14.4 Å². The highest BCUT2D eigenvalue weighted by Crippen LogP contribution is 2.25. The monoisotopic (exact) mass is 414 g/mol. The first-order valence-electron chi connectivity index (χ1n) is 5.80. The second kappa shape index (κ2) is 5.71. The number of benzene rings is 1. The number of nitrogens with one attached hydrogen (secondary N) is 1. The molecule has 20 heavy (non-hydrogen) atoms. The van der Waals surface area contributed by atoms with Crippen LogP contribution in [0.5, 0.6) is 0 Å². The van der Waals surface area contributed by atoms with Crippen LogP contribution >= 0.6 is 43.5 Å². The van der Waals surface area contributed by atoms with E-state index in [-0.39, 0.29) is 0 Å². The number of nitrogens with zero attached hydrogens (tertiary/aromatic N) is 3. The highest BCUT2D eigenvalue weighted by Gasteiger charge is 2.05. The number of anilines is 1. The summed E-state index contributed by atoms with van der Waals surface area (Å²) in [5, 5.41) is 4.04. The van der Waals surface area contributed by atoms with Crippen molar-refractivity contribution in [1.82, 2.24) is 14.4 Å². The molecule has 0 aliphatic rings. The minimum absolute atomic E-state index is 0.658. The summed E-state index contributed by atoms with van der Waals surface area (Å²) in [5.41, 5.74) is 2.86. The van der Waals surface area contributed by atoms with E-state index in [0.29, 0.717) is 11.6 Å². The number of imidazole rings is 1. The molecule has 0 bridgehead atoms. The number of aromatic nitrogens is 3. The summed E-state index contributed by atoms with van der Waals surface area (Å²) in [6.45, 7) is 0.658. The Bertz CT molecular complexity index is 772. The number of halogens is 3. The lowest BCUT2D eigenvalue weighted by atomic mass is 10.3. The van der Waals surface area contributed by atoms with Gasteiger partial charge in [-0.2, -0.15) is 0 Å². The third kappa shape index (κ3) is 2.82. The van der Waals surface area contributed by atoms with Gasteiger partial charge < -0.3 is 5.32 Å². The van der Waals surface area contributed by atoms with Gasteiger partial charge in [0.2, 0.25) is 0 Å². The lowest BCUT2D eigenvalue weighted by Crippen LogP contribution is -2.02. The first kappa shape index (κ1) is 13.9. The Morgan fingerprint density at radius 1 is 1.20 bits per heavy atom. The van der Waals surface area contributed by atoms with Crippen molar-refractivity contribution in [1.29, 1.82) is 0 Å². The molecular weight excluding hydrogens is 407 g/mol. The minimum atomic E-state index is 0.658. The van der Waals surface area contributed by atoms with Gasteiger partial charge in [0.1, 0.15) is 4.60 Å². The molecule has 0 saturated carbocycles. The minimum Gasteiger partial charge on any atom is -0.379 e. The Morgan fingerprint density at radius 3 is 2.85 bits per heavy atom. The Hall–Kier alpha value is -1.11. The van der Waals surface area contributed by atoms with Crippen molar-refractivity contribution in [3.8, 4) is 0 Å². The van der Waals surface area contributed by atoms with Gasteiger partial charge in [0.15, 0.2) is 5.65 Å². The molecule has 0 unspecified atom stereocenters. The molecule has 3 aromatic rings. The summed E-state index contributed by atoms with van der Waals surface area (Å²) in [7, 11) is 0. The Balaban J connectivity index is 1.83. The topological polar surface area (TPSA) is 42.2 Å². The number of hydrogen-bond donors (Lipinski definition) is 1. The van der Waals surface area contributed by atoms with E-state index in [0.717, 1.165) is 26.1 Å². The summed E-state index contributed by atoms with van der Waals surface area (Å²) in [4.78, 5) is 8.47. The van der Waals surface area contributed by atoms with Gasteiger partial charge in [0.05, 0.1) is 29.7 Å². The standard InChI is InChI=1S/C13H9Br2ClN4/c14-10-3-8(1-2-11(10)16)17-4-9-5-19-13-6-18-12(15)7-20(9)13/h1-3,5-7,17H,4H2. The second-order valence-corrected chi connectivity index (χ2v) is 6.24. The average molecular weight is 417 g/mol. The van der Waals surface area contributed by atoms with Crippen LogP contribution in [0.1, 0.15) is 5.69 Å². The molecule has 0 aliphatic heterocycles. The number of rotatable bonds is 3. The largest absolute Gasteiger partial charge is 0.379 e. The van der Waals surface area contributed by atoms with Gasteiger partial charge in [0, 0.05) is 16.4 Å². The summed E-state index contributed by atoms with van der Waals surface area (Å²) in [5.74, 6) is 0. The van der Waals surface area contributed by atoms with Crippen LogP contribution in [0.25, 0.3) is 5.65 Å². The molecule has 0 radical (unpaired) electrons. The zero-order valence-electron chi connectivity index (χ0n) is 10.1. The predicted octanol–water partition coefficient (Wildman–Crippen LogP) is 4.52. The quantitative estimate of drug-likeness (QED) is 0.683. The third-order valence-corrected chi connectivity index (χ3v) is 4.46. The van der Waals surface area contributed by atoms with Gasteiger partial charge in [-0.15, -0.1) is 0 Å². The molecule has 1 aromatic carbocycles. The van der Waals surface area contributed by atoms with Crippen molar-refractivity contribution >= 4 is 54.8 Å². The lowest BCUT2D eigenvalue weighted by Gasteiger charge is -2.07. The molecule has 0 aliphatic carbocycles. The van der Waals surface area contributed by atoms with E-state index in [1.165, 1.54) is 0 Å². The summed E-state index contributed by atoms with van der Waals surface area (Å²) in [6.07, 6.45) is 5.46. The van der Waals surface area contributed by atoms with Crippen LogP contribution in [0.15, 0.2) is 45.9 Å². The van der Waals surface area contributed by atoms with Crippen molar-refractivity contribution in [2.45, 2.75) is 6.54 Å². The number of fused-ring (bicyclic) bond motifs is 1. The van der Waals surface area contributed by atoms with Crippen molar-refractivity contribution in [3.05, 3.63) is 56.6 Å². The SMILES string of the molecule is Clc1ccc(NCc2cnc3cnc(Br)cn23)cc1Br. The van der Waals surface area contributed by atoms with Gasteiger partial charge in [-0.25, -0.2) is 9.97 Å². The summed E-state index contributed by atoms with van der Waals surface area (Å²) < 4.78 is 3.64. The highest BCUT2D eigenvalue weighted by atomic mass is 79.9. The van der Waals surface area contributed by atoms with E-state index in [2.05, 4.69) is 47.1 Å². The fourth-order valence-electron chi connectivity index (χ4n) is 1.85. The molecule has 7 heteroatoms. The molecule has 0 atom stereocenters. The van der Waals surface area contributed by atoms with Crippen LogP contribution < -0.4 is 5.32 Å². The van der Waals surface area contributed by atoms with E-state index in [4.69, 9.17) is 11.6 Å². The molecule has 102 valence electrons. The molecular formula is C13H9Br2ClN4. The molecule has 0 saturated heterocycles. The third-order valence-electron chi connectivity index (χ3n) is 2.83. The normalized spacial score (nSPS) is 10.9. The van der Waals surface area contributed by atoms with Gasteiger partial charge in [-0.1, -0.05) is 11.6 Å². The molecule has 3 rings (SSSR count). The van der Waals surface area contributed by atoms with E-state index in [1.54, 1.807) is 6.20 Å². The Kier molecular flexibility index (Phi) is 3.96. The second-order valence-electron chi connectivity index (χ2n) is 4.17. The average Bonchev–Trinajstić information content (AvgIpc) is 2.82. The van der Waals surface area contributed by atoms with Gasteiger partial charge in [-0.05, 0) is 50.1 Å². The zero-order chi connectivity index (χ0) is 14.1. The fourth-order valence-corrected chi connectivity index (χ4v) is 2.65. The maximum Gasteiger partial charge on any atom is 0.155 e. The van der Waals surface area contributed by atoms with Crippen LogP contribution in [0.4, 0.5) is 5.69 Å². The smallest absolute Gasteiger partial charge is 0.155 e. The fraction of sp³-hybridized carbons (Fsp3) is 0.0769. The van der Waals surface area contributed by atoms with E-state index in [1.807, 2.05) is 35.0 Å². The maximum absolute atomic E-state index is 5.97. The van der Waals surface area contributed by atoms with Crippen LogP contribution in [0, 0.1) is 0 Å². The van der Waals surface area contributed by atoms with Crippen LogP contribution in [-0.2, 0) is 6.54 Å². The van der Waals surface area contributed by atoms with Crippen LogP contribution in [0.2, 0.25) is 5.02 Å². The highest BCUT2D eigenvalue weighted by molar-refractivity contribution is 9.10. The summed E-state index contributed by atoms with van der Waals surface area (Å²) >= 11 is 12.7. The van der Waals surface area contributed by atoms with E-state index in [9.17, 15) is 0 Å². The Morgan fingerprint density at radius 2 is 2.05 bits per heavy atom. The van der Waals surface area contributed by atoms with E-state index < -0.39 is 0 Å². The maximum atomic E-state index is 5.97. The van der Waals surface area contributed by atoms with Crippen molar-refractivity contribution in [2.75, 3.05) is 5.32 Å². The van der Waals surface area contributed by atoms with Gasteiger partial charge in [0.25, 0.3) is 0 Å². The molecule has 2 heterocycles. The first-order chi connectivity index (χ1) is 9.63. The van der Waals surface area contributed by atoms with Crippen molar-refractivity contribution < 1.29 is 0 Å². The van der Waals surface area contributed by atoms with Crippen molar-refractivity contribution in [3.63, 3.8) is 0 Å². The van der Waals surface area contributed by atoms with Gasteiger partial charge in [-0.3, -0.25) is 4.40 Å². The zero-order valence-corrected chi connectivity index (χ0v) is 14.1. The molecule has 0 fully saturated rings. The molecule has 0 spiro atoms. The number of hydrogen-bond acceptors (Lipinski definition) is 3. The van der Waals surface area contributed by atoms with E-state index >= 15 is 0 Å². The molecule has 1 N–H and O–H groups in total. The predicted molar refractivity (Wildman–Crippen MR) is 87.2 cm³/mol. The lowest BCUT2D eigenvalue weighted by molar-refractivity contribution is 0.983. The summed E-state index contributed by atoms with van der Waals surface area (Å²) in [6, 6.07) is 5.74.